The van der Waals surface area contributed by atoms with Gasteiger partial charge >= 0.3 is 0 Å². The summed E-state index contributed by atoms with van der Waals surface area (Å²) in [5.41, 5.74) is 6.68. The molecule has 19 heavy (non-hydrogen) atoms. The summed E-state index contributed by atoms with van der Waals surface area (Å²) in [7, 11) is 0. The number of anilines is 1. The highest BCUT2D eigenvalue weighted by molar-refractivity contribution is 9.10. The van der Waals surface area contributed by atoms with E-state index in [1.807, 2.05) is 24.3 Å². The Morgan fingerprint density at radius 1 is 1.42 bits per heavy atom. The molecule has 1 aliphatic carbocycles. The normalized spacial score (nSPS) is 17.4. The van der Waals surface area contributed by atoms with E-state index in [-0.39, 0.29) is 18.1 Å². The highest BCUT2D eigenvalue weighted by Crippen LogP contribution is 2.27. The Kier molecular flexibility index (Phi) is 4.96. The third-order valence-corrected chi connectivity index (χ3v) is 3.82. The number of carbonyl (C=O) groups is 1. The van der Waals surface area contributed by atoms with Crippen molar-refractivity contribution < 1.29 is 9.53 Å². The minimum Gasteiger partial charge on any atom is -0.370 e. The zero-order chi connectivity index (χ0) is 13.7. The minimum absolute atomic E-state index is 0.0471. The number of carbonyl (C=O) groups excluding carboxylic acids is 1. The third kappa shape index (κ3) is 4.60. The molecule has 5 heteroatoms. The number of hydrogen-bond donors (Lipinski definition) is 2. The lowest BCUT2D eigenvalue weighted by atomic mass is 10.0. The summed E-state index contributed by atoms with van der Waals surface area (Å²) in [4.78, 5) is 11.7. The van der Waals surface area contributed by atoms with Gasteiger partial charge in [-0.2, -0.15) is 0 Å². The number of halogens is 1. The van der Waals surface area contributed by atoms with Crippen molar-refractivity contribution in [1.29, 1.82) is 0 Å². The van der Waals surface area contributed by atoms with E-state index in [4.69, 9.17) is 10.5 Å². The first kappa shape index (κ1) is 14.5. The third-order valence-electron chi connectivity index (χ3n) is 3.33. The monoisotopic (exact) mass is 326 g/mol. The smallest absolute Gasteiger partial charge is 0.250 e. The van der Waals surface area contributed by atoms with Gasteiger partial charge < -0.3 is 15.8 Å². The van der Waals surface area contributed by atoms with Gasteiger partial charge in [-0.25, -0.2) is 0 Å². The molecule has 1 aliphatic rings. The van der Waals surface area contributed by atoms with Gasteiger partial charge in [0, 0.05) is 15.7 Å². The van der Waals surface area contributed by atoms with Crippen LogP contribution in [0.4, 0.5) is 5.69 Å². The summed E-state index contributed by atoms with van der Waals surface area (Å²) in [6.07, 6.45) is 4.29. The van der Waals surface area contributed by atoms with Gasteiger partial charge in [0.2, 0.25) is 5.91 Å². The summed E-state index contributed by atoms with van der Waals surface area (Å²) in [5, 5.41) is 2.79. The molecule has 0 unspecified atom stereocenters. The second-order valence-corrected chi connectivity index (χ2v) is 6.04. The fraction of sp³-hybridized carbons (Fsp3) is 0.500. The molecule has 0 radical (unpaired) electrons. The zero-order valence-corrected chi connectivity index (χ0v) is 12.4. The number of rotatable bonds is 5. The lowest BCUT2D eigenvalue weighted by Crippen LogP contribution is -2.42. The van der Waals surface area contributed by atoms with Crippen LogP contribution in [0.2, 0.25) is 0 Å². The second kappa shape index (κ2) is 6.50. The van der Waals surface area contributed by atoms with E-state index in [1.54, 1.807) is 0 Å². The van der Waals surface area contributed by atoms with Crippen LogP contribution in [-0.4, -0.2) is 24.7 Å². The molecule has 1 aromatic carbocycles. The van der Waals surface area contributed by atoms with Gasteiger partial charge in [-0.1, -0.05) is 34.8 Å². The highest BCUT2D eigenvalue weighted by atomic mass is 79.9. The molecule has 2 rings (SSSR count). The Morgan fingerprint density at radius 2 is 2.16 bits per heavy atom. The van der Waals surface area contributed by atoms with Crippen molar-refractivity contribution in [1.82, 2.24) is 0 Å². The lowest BCUT2D eigenvalue weighted by molar-refractivity contribution is -0.121. The predicted octanol–water partition coefficient (Wildman–Crippen LogP) is 2.68. The van der Waals surface area contributed by atoms with Crippen molar-refractivity contribution in [2.75, 3.05) is 18.5 Å². The molecule has 0 aromatic heterocycles. The van der Waals surface area contributed by atoms with Crippen LogP contribution < -0.4 is 11.1 Å². The average molecular weight is 327 g/mol. The molecule has 0 bridgehead atoms. The fourth-order valence-electron chi connectivity index (χ4n) is 2.33. The van der Waals surface area contributed by atoms with Crippen LogP contribution in [0.1, 0.15) is 25.7 Å². The standard InChI is InChI=1S/C14H19BrN2O2/c15-11-4-3-5-12(8-11)17-13(18)9-19-10-14(16)6-1-2-7-14/h3-5,8H,1-2,6-7,9-10,16H2,(H,17,18). The summed E-state index contributed by atoms with van der Waals surface area (Å²) >= 11 is 3.36. The Hall–Kier alpha value is -0.910. The second-order valence-electron chi connectivity index (χ2n) is 5.12. The first-order valence-corrected chi connectivity index (χ1v) is 7.29. The molecular formula is C14H19BrN2O2. The van der Waals surface area contributed by atoms with E-state index in [2.05, 4.69) is 21.2 Å². The molecule has 1 fully saturated rings. The molecule has 1 saturated carbocycles. The molecule has 4 nitrogen and oxygen atoms in total. The van der Waals surface area contributed by atoms with E-state index in [0.717, 1.165) is 35.8 Å². The van der Waals surface area contributed by atoms with Crippen LogP contribution in [-0.2, 0) is 9.53 Å². The Labute approximate surface area is 121 Å². The fourth-order valence-corrected chi connectivity index (χ4v) is 2.73. The molecule has 1 aromatic rings. The largest absolute Gasteiger partial charge is 0.370 e. The number of ether oxygens (including phenoxy) is 1. The van der Waals surface area contributed by atoms with Gasteiger partial charge in [-0.3, -0.25) is 4.79 Å². The van der Waals surface area contributed by atoms with Gasteiger partial charge in [0.05, 0.1) is 6.61 Å². The predicted molar refractivity (Wildman–Crippen MR) is 79.0 cm³/mol. The van der Waals surface area contributed by atoms with Crippen molar-refractivity contribution in [2.24, 2.45) is 5.73 Å². The van der Waals surface area contributed by atoms with Crippen molar-refractivity contribution in [2.45, 2.75) is 31.2 Å². The molecule has 3 N–H and O–H groups in total. The van der Waals surface area contributed by atoms with Crippen LogP contribution >= 0.6 is 15.9 Å². The highest BCUT2D eigenvalue weighted by Gasteiger charge is 2.29. The van der Waals surface area contributed by atoms with Gasteiger partial charge in [0.15, 0.2) is 0 Å². The first-order chi connectivity index (χ1) is 9.07. The minimum atomic E-state index is -0.226. The van der Waals surface area contributed by atoms with Gasteiger partial charge in [0.25, 0.3) is 0 Å². The lowest BCUT2D eigenvalue weighted by Gasteiger charge is -2.22. The van der Waals surface area contributed by atoms with E-state index >= 15 is 0 Å². The molecule has 0 atom stereocenters. The van der Waals surface area contributed by atoms with E-state index < -0.39 is 0 Å². The van der Waals surface area contributed by atoms with Crippen molar-refractivity contribution >= 4 is 27.5 Å². The maximum atomic E-state index is 11.7. The van der Waals surface area contributed by atoms with Gasteiger partial charge in [-0.15, -0.1) is 0 Å². The maximum Gasteiger partial charge on any atom is 0.250 e. The molecular weight excluding hydrogens is 308 g/mol. The summed E-state index contributed by atoms with van der Waals surface area (Å²) in [5.74, 6) is -0.153. The van der Waals surface area contributed by atoms with E-state index in [1.165, 1.54) is 0 Å². The Balaban J connectivity index is 1.73. The van der Waals surface area contributed by atoms with Crippen molar-refractivity contribution in [3.05, 3.63) is 28.7 Å². The molecule has 0 heterocycles. The number of nitrogens with one attached hydrogen (secondary N) is 1. The van der Waals surface area contributed by atoms with E-state index in [9.17, 15) is 4.79 Å². The van der Waals surface area contributed by atoms with Crippen LogP contribution in [0.25, 0.3) is 0 Å². The SMILES string of the molecule is NC1(COCC(=O)Nc2cccc(Br)c2)CCCC1. The van der Waals surface area contributed by atoms with Crippen LogP contribution in [0, 0.1) is 0 Å². The van der Waals surface area contributed by atoms with Gasteiger partial charge in [-0.05, 0) is 31.0 Å². The number of benzene rings is 1. The number of amides is 1. The molecule has 0 aliphatic heterocycles. The molecule has 0 spiro atoms. The number of hydrogen-bond acceptors (Lipinski definition) is 3. The topological polar surface area (TPSA) is 64.3 Å². The first-order valence-electron chi connectivity index (χ1n) is 6.49. The molecule has 104 valence electrons. The molecule has 1 amide bonds. The molecule has 0 saturated heterocycles. The van der Waals surface area contributed by atoms with Crippen LogP contribution in [0.15, 0.2) is 28.7 Å². The van der Waals surface area contributed by atoms with Crippen LogP contribution in [0.5, 0.6) is 0 Å². The number of nitrogens with two attached hydrogens (primary N) is 1. The van der Waals surface area contributed by atoms with Crippen molar-refractivity contribution in [3.63, 3.8) is 0 Å². The summed E-state index contributed by atoms with van der Waals surface area (Å²) < 4.78 is 6.36. The van der Waals surface area contributed by atoms with Gasteiger partial charge in [0.1, 0.15) is 6.61 Å². The Bertz CT molecular complexity index is 445. The average Bonchev–Trinajstić information content (AvgIpc) is 2.76. The summed E-state index contributed by atoms with van der Waals surface area (Å²) in [6, 6.07) is 7.46. The summed E-state index contributed by atoms with van der Waals surface area (Å²) in [6.45, 7) is 0.504. The van der Waals surface area contributed by atoms with Crippen LogP contribution in [0.3, 0.4) is 0 Å². The zero-order valence-electron chi connectivity index (χ0n) is 10.8. The van der Waals surface area contributed by atoms with Crippen molar-refractivity contribution in [3.8, 4) is 0 Å². The van der Waals surface area contributed by atoms with E-state index in [0.29, 0.717) is 6.61 Å². The maximum absolute atomic E-state index is 11.7. The quantitative estimate of drug-likeness (QED) is 0.874. The Morgan fingerprint density at radius 3 is 2.84 bits per heavy atom.